The van der Waals surface area contributed by atoms with Crippen LogP contribution in [0.25, 0.3) is 0 Å². The number of hydrogen-bond donors (Lipinski definition) is 1. The molecule has 0 spiro atoms. The van der Waals surface area contributed by atoms with Gasteiger partial charge in [-0.05, 0) is 44.1 Å². The zero-order valence-corrected chi connectivity index (χ0v) is 11.7. The maximum Gasteiger partial charge on any atom is 0.152 e. The zero-order valence-electron chi connectivity index (χ0n) is 11.7. The summed E-state index contributed by atoms with van der Waals surface area (Å²) in [6.07, 6.45) is 2.76. The van der Waals surface area contributed by atoms with E-state index in [9.17, 15) is 9.18 Å². The van der Waals surface area contributed by atoms with Gasteiger partial charge in [-0.2, -0.15) is 0 Å². The Labute approximate surface area is 119 Å². The molecule has 5 heteroatoms. The largest absolute Gasteiger partial charge is 0.369 e. The van der Waals surface area contributed by atoms with E-state index in [4.69, 9.17) is 5.73 Å². The lowest BCUT2D eigenvalue weighted by Gasteiger charge is -2.36. The molecule has 20 heavy (non-hydrogen) atoms. The second-order valence-corrected chi connectivity index (χ2v) is 5.15. The molecule has 0 atom stereocenters. The highest BCUT2D eigenvalue weighted by molar-refractivity contribution is 5.76. The van der Waals surface area contributed by atoms with Crippen molar-refractivity contribution in [3.8, 4) is 0 Å². The highest BCUT2D eigenvalue weighted by Crippen LogP contribution is 2.19. The van der Waals surface area contributed by atoms with Crippen LogP contribution in [-0.4, -0.2) is 50.5 Å². The zero-order chi connectivity index (χ0) is 14.4. The first-order valence-electron chi connectivity index (χ1n) is 7.16. The molecule has 0 bridgehead atoms. The average Bonchev–Trinajstić information content (AvgIpc) is 2.48. The van der Waals surface area contributed by atoms with Crippen LogP contribution < -0.4 is 10.6 Å². The monoisotopic (exact) mass is 279 g/mol. The number of nitrogens with zero attached hydrogens (tertiary/aromatic N) is 2. The standard InChI is InChI=1S/C15H22FN3O/c16-15-11-14(4-3-13(15)12-20)19-9-7-18(8-10-19)6-2-1-5-17/h3-4,11-12H,1-2,5-10,17H2. The maximum atomic E-state index is 13.6. The van der Waals surface area contributed by atoms with Crippen LogP contribution in [0.5, 0.6) is 0 Å². The van der Waals surface area contributed by atoms with Gasteiger partial charge in [-0.1, -0.05) is 0 Å². The van der Waals surface area contributed by atoms with Gasteiger partial charge in [0.25, 0.3) is 0 Å². The van der Waals surface area contributed by atoms with Gasteiger partial charge in [0, 0.05) is 31.9 Å². The molecular formula is C15H22FN3O. The average molecular weight is 279 g/mol. The van der Waals surface area contributed by atoms with Crippen LogP contribution in [0, 0.1) is 5.82 Å². The molecule has 2 N–H and O–H groups in total. The van der Waals surface area contributed by atoms with Crippen LogP contribution >= 0.6 is 0 Å². The van der Waals surface area contributed by atoms with Gasteiger partial charge in [0.1, 0.15) is 5.82 Å². The lowest BCUT2D eigenvalue weighted by Crippen LogP contribution is -2.46. The number of benzene rings is 1. The topological polar surface area (TPSA) is 49.6 Å². The second kappa shape index (κ2) is 7.36. The van der Waals surface area contributed by atoms with Crippen molar-refractivity contribution in [1.82, 2.24) is 4.90 Å². The Hall–Kier alpha value is -1.46. The molecule has 110 valence electrons. The normalized spacial score (nSPS) is 16.4. The number of nitrogens with two attached hydrogens (primary N) is 1. The third-order valence-corrected chi connectivity index (χ3v) is 3.78. The Morgan fingerprint density at radius 1 is 1.20 bits per heavy atom. The fourth-order valence-corrected chi connectivity index (χ4v) is 2.52. The van der Waals surface area contributed by atoms with Gasteiger partial charge in [-0.15, -0.1) is 0 Å². The highest BCUT2D eigenvalue weighted by Gasteiger charge is 2.17. The molecule has 0 radical (unpaired) electrons. The van der Waals surface area contributed by atoms with Crippen molar-refractivity contribution in [3.05, 3.63) is 29.6 Å². The first-order valence-corrected chi connectivity index (χ1v) is 7.16. The number of anilines is 1. The smallest absolute Gasteiger partial charge is 0.152 e. The Kier molecular flexibility index (Phi) is 5.49. The van der Waals surface area contributed by atoms with Crippen molar-refractivity contribution >= 4 is 12.0 Å². The number of carbonyl (C=O) groups is 1. The third kappa shape index (κ3) is 3.77. The van der Waals surface area contributed by atoms with Crippen LogP contribution in [-0.2, 0) is 0 Å². The minimum atomic E-state index is -0.442. The SMILES string of the molecule is NCCCCN1CCN(c2ccc(C=O)c(F)c2)CC1. The molecule has 1 fully saturated rings. The van der Waals surface area contributed by atoms with E-state index in [0.717, 1.165) is 57.8 Å². The molecule has 1 aromatic rings. The van der Waals surface area contributed by atoms with Crippen molar-refractivity contribution in [2.24, 2.45) is 5.73 Å². The van der Waals surface area contributed by atoms with Gasteiger partial charge in [0.05, 0.1) is 5.56 Å². The molecule has 0 aliphatic carbocycles. The summed E-state index contributed by atoms with van der Waals surface area (Å²) in [5, 5.41) is 0. The fraction of sp³-hybridized carbons (Fsp3) is 0.533. The summed E-state index contributed by atoms with van der Waals surface area (Å²) in [6, 6.07) is 4.82. The van der Waals surface area contributed by atoms with Crippen molar-refractivity contribution in [2.45, 2.75) is 12.8 Å². The van der Waals surface area contributed by atoms with Crippen LogP contribution in [0.3, 0.4) is 0 Å². The van der Waals surface area contributed by atoms with Gasteiger partial charge in [0.15, 0.2) is 6.29 Å². The Balaban J connectivity index is 1.87. The summed E-state index contributed by atoms with van der Waals surface area (Å²) in [5.74, 6) is -0.442. The number of piperazine rings is 1. The van der Waals surface area contributed by atoms with Gasteiger partial charge < -0.3 is 10.6 Å². The number of hydrogen-bond acceptors (Lipinski definition) is 4. The summed E-state index contributed by atoms with van der Waals surface area (Å²) in [6.45, 7) is 5.60. The minimum absolute atomic E-state index is 0.120. The summed E-state index contributed by atoms with van der Waals surface area (Å²) < 4.78 is 13.6. The van der Waals surface area contributed by atoms with Crippen molar-refractivity contribution in [1.29, 1.82) is 0 Å². The van der Waals surface area contributed by atoms with Gasteiger partial charge in [0.2, 0.25) is 0 Å². The van der Waals surface area contributed by atoms with E-state index in [1.807, 2.05) is 6.07 Å². The van der Waals surface area contributed by atoms with Crippen molar-refractivity contribution < 1.29 is 9.18 Å². The second-order valence-electron chi connectivity index (χ2n) is 5.15. The van der Waals surface area contributed by atoms with Crippen molar-refractivity contribution in [3.63, 3.8) is 0 Å². The summed E-state index contributed by atoms with van der Waals surface area (Å²) in [5.41, 5.74) is 6.47. The summed E-state index contributed by atoms with van der Waals surface area (Å²) in [7, 11) is 0. The first-order chi connectivity index (χ1) is 9.74. The van der Waals surface area contributed by atoms with Crippen molar-refractivity contribution in [2.75, 3.05) is 44.2 Å². The molecule has 1 aromatic carbocycles. The third-order valence-electron chi connectivity index (χ3n) is 3.78. The van der Waals surface area contributed by atoms with E-state index in [2.05, 4.69) is 9.80 Å². The number of unbranched alkanes of at least 4 members (excludes halogenated alkanes) is 1. The Morgan fingerprint density at radius 2 is 1.95 bits per heavy atom. The number of halogens is 1. The molecule has 0 amide bonds. The van der Waals surface area contributed by atoms with Gasteiger partial charge in [-0.25, -0.2) is 4.39 Å². The molecule has 1 aliphatic rings. The Morgan fingerprint density at radius 3 is 2.55 bits per heavy atom. The van der Waals surface area contributed by atoms with E-state index in [1.165, 1.54) is 6.07 Å². The molecule has 4 nitrogen and oxygen atoms in total. The fourth-order valence-electron chi connectivity index (χ4n) is 2.52. The van der Waals surface area contributed by atoms with E-state index < -0.39 is 5.82 Å². The molecule has 0 aromatic heterocycles. The molecule has 1 saturated heterocycles. The molecule has 1 aliphatic heterocycles. The predicted molar refractivity (Wildman–Crippen MR) is 78.7 cm³/mol. The highest BCUT2D eigenvalue weighted by atomic mass is 19.1. The molecule has 0 unspecified atom stereocenters. The number of carbonyl (C=O) groups excluding carboxylic acids is 1. The van der Waals surface area contributed by atoms with Gasteiger partial charge >= 0.3 is 0 Å². The lowest BCUT2D eigenvalue weighted by atomic mass is 10.1. The lowest BCUT2D eigenvalue weighted by molar-refractivity contribution is 0.112. The molecule has 0 saturated carbocycles. The summed E-state index contributed by atoms with van der Waals surface area (Å²) in [4.78, 5) is 15.2. The van der Waals surface area contributed by atoms with E-state index in [1.54, 1.807) is 6.07 Å². The van der Waals surface area contributed by atoms with Crippen LogP contribution in [0.2, 0.25) is 0 Å². The maximum absolute atomic E-state index is 13.6. The molecule has 2 rings (SSSR count). The number of rotatable bonds is 6. The molecular weight excluding hydrogens is 257 g/mol. The minimum Gasteiger partial charge on any atom is -0.369 e. The Bertz CT molecular complexity index is 445. The molecule has 1 heterocycles. The predicted octanol–water partition coefficient (Wildman–Crippen LogP) is 1.50. The quantitative estimate of drug-likeness (QED) is 0.633. The van der Waals surface area contributed by atoms with Gasteiger partial charge in [-0.3, -0.25) is 9.69 Å². The van der Waals surface area contributed by atoms with Crippen LogP contribution in [0.4, 0.5) is 10.1 Å². The summed E-state index contributed by atoms with van der Waals surface area (Å²) >= 11 is 0. The van der Waals surface area contributed by atoms with E-state index >= 15 is 0 Å². The van der Waals surface area contributed by atoms with E-state index in [0.29, 0.717) is 6.29 Å². The number of aldehydes is 1. The first kappa shape index (κ1) is 14.9. The van der Waals surface area contributed by atoms with Crippen LogP contribution in [0.1, 0.15) is 23.2 Å². The van der Waals surface area contributed by atoms with Crippen LogP contribution in [0.15, 0.2) is 18.2 Å². The van der Waals surface area contributed by atoms with E-state index in [-0.39, 0.29) is 5.56 Å².